The topological polar surface area (TPSA) is 50.7 Å². The van der Waals surface area contributed by atoms with Gasteiger partial charge >= 0.3 is 0 Å². The summed E-state index contributed by atoms with van der Waals surface area (Å²) in [6, 6.07) is 20.1. The lowest BCUT2D eigenvalue weighted by Gasteiger charge is -2.08. The zero-order chi connectivity index (χ0) is 17.9. The first-order chi connectivity index (χ1) is 12.7. The van der Waals surface area contributed by atoms with E-state index in [0.717, 1.165) is 44.0 Å². The van der Waals surface area contributed by atoms with Crippen LogP contribution in [-0.4, -0.2) is 15.0 Å². The van der Waals surface area contributed by atoms with E-state index in [0.29, 0.717) is 0 Å². The number of thiazole rings is 1. The predicted octanol–water partition coefficient (Wildman–Crippen LogP) is 5.63. The zero-order valence-corrected chi connectivity index (χ0v) is 15.4. The minimum absolute atomic E-state index is 0.794. The van der Waals surface area contributed by atoms with E-state index in [1.54, 1.807) is 11.3 Å². The molecule has 0 amide bonds. The number of benzene rings is 1. The molecule has 0 radical (unpaired) electrons. The Morgan fingerprint density at radius 1 is 0.885 bits per heavy atom. The molecule has 0 aliphatic carbocycles. The molecule has 0 aliphatic heterocycles. The summed E-state index contributed by atoms with van der Waals surface area (Å²) in [6.07, 6.45) is 1.81. The molecule has 4 aromatic rings. The van der Waals surface area contributed by atoms with Crippen molar-refractivity contribution in [3.8, 4) is 21.8 Å². The van der Waals surface area contributed by atoms with Crippen LogP contribution >= 0.6 is 11.3 Å². The molecule has 0 fully saturated rings. The highest BCUT2D eigenvalue weighted by atomic mass is 32.1. The van der Waals surface area contributed by atoms with Crippen molar-refractivity contribution < 1.29 is 0 Å². The van der Waals surface area contributed by atoms with E-state index in [4.69, 9.17) is 4.98 Å². The van der Waals surface area contributed by atoms with Crippen LogP contribution in [0.15, 0.2) is 66.9 Å². The van der Waals surface area contributed by atoms with E-state index in [9.17, 15) is 0 Å². The number of hydrogen-bond donors (Lipinski definition) is 1. The lowest BCUT2D eigenvalue weighted by Crippen LogP contribution is -1.94. The minimum atomic E-state index is 0.794. The van der Waals surface area contributed by atoms with E-state index < -0.39 is 0 Å². The first kappa shape index (κ1) is 16.4. The van der Waals surface area contributed by atoms with Crippen molar-refractivity contribution in [1.82, 2.24) is 15.0 Å². The molecule has 4 rings (SSSR count). The summed E-state index contributed by atoms with van der Waals surface area (Å²) in [4.78, 5) is 14.9. The van der Waals surface area contributed by atoms with Gasteiger partial charge in [0.1, 0.15) is 5.82 Å². The molecule has 128 valence electrons. The average Bonchev–Trinajstić information content (AvgIpc) is 3.05. The zero-order valence-electron chi connectivity index (χ0n) is 14.6. The number of nitrogens with one attached hydrogen (secondary N) is 1. The normalized spacial score (nSPS) is 10.7. The molecule has 3 heterocycles. The van der Waals surface area contributed by atoms with Crippen LogP contribution in [0.4, 0.5) is 11.5 Å². The van der Waals surface area contributed by atoms with Gasteiger partial charge in [-0.15, -0.1) is 11.3 Å². The standard InChI is InChI=1S/C21H18N4S/c1-14-7-6-10-18(23-14)21-20(24-15(2)26-21)16-11-12-22-19(13-16)25-17-8-4-3-5-9-17/h3-13H,1-2H3,(H,22,25). The van der Waals surface area contributed by atoms with E-state index in [2.05, 4.69) is 15.3 Å². The van der Waals surface area contributed by atoms with Crippen LogP contribution in [0.5, 0.6) is 0 Å². The van der Waals surface area contributed by atoms with Gasteiger partial charge in [-0.2, -0.15) is 0 Å². The Morgan fingerprint density at radius 3 is 2.54 bits per heavy atom. The van der Waals surface area contributed by atoms with Crippen molar-refractivity contribution in [3.05, 3.63) is 77.6 Å². The lowest BCUT2D eigenvalue weighted by molar-refractivity contribution is 1.21. The van der Waals surface area contributed by atoms with Crippen LogP contribution in [0.25, 0.3) is 21.8 Å². The van der Waals surface area contributed by atoms with Crippen molar-refractivity contribution in [2.45, 2.75) is 13.8 Å². The highest BCUT2D eigenvalue weighted by molar-refractivity contribution is 7.15. The van der Waals surface area contributed by atoms with Gasteiger partial charge in [0, 0.05) is 23.1 Å². The fraction of sp³-hybridized carbons (Fsp3) is 0.0952. The summed E-state index contributed by atoms with van der Waals surface area (Å²) in [7, 11) is 0. The van der Waals surface area contributed by atoms with Crippen molar-refractivity contribution in [2.24, 2.45) is 0 Å². The molecule has 26 heavy (non-hydrogen) atoms. The highest BCUT2D eigenvalue weighted by Crippen LogP contribution is 2.36. The Morgan fingerprint density at radius 2 is 1.73 bits per heavy atom. The summed E-state index contributed by atoms with van der Waals surface area (Å²) in [5, 5.41) is 4.36. The lowest BCUT2D eigenvalue weighted by atomic mass is 10.1. The first-order valence-electron chi connectivity index (χ1n) is 8.39. The molecule has 0 aliphatic rings. The number of anilines is 2. The van der Waals surface area contributed by atoms with Crippen molar-refractivity contribution >= 4 is 22.8 Å². The molecule has 1 aromatic carbocycles. The fourth-order valence-electron chi connectivity index (χ4n) is 2.78. The molecule has 0 bridgehead atoms. The number of para-hydroxylation sites is 1. The third-order valence-electron chi connectivity index (χ3n) is 3.93. The van der Waals surface area contributed by atoms with Crippen LogP contribution in [0, 0.1) is 13.8 Å². The molecule has 4 nitrogen and oxygen atoms in total. The molecule has 0 spiro atoms. The van der Waals surface area contributed by atoms with Crippen LogP contribution < -0.4 is 5.32 Å². The van der Waals surface area contributed by atoms with E-state index in [1.807, 2.05) is 80.7 Å². The summed E-state index contributed by atoms with van der Waals surface area (Å²) in [5.41, 5.74) is 4.94. The van der Waals surface area contributed by atoms with Gasteiger partial charge < -0.3 is 5.32 Å². The summed E-state index contributed by atoms with van der Waals surface area (Å²) in [6.45, 7) is 4.03. The van der Waals surface area contributed by atoms with Crippen molar-refractivity contribution in [3.63, 3.8) is 0 Å². The Balaban J connectivity index is 1.73. The van der Waals surface area contributed by atoms with Gasteiger partial charge in [-0.25, -0.2) is 9.97 Å². The van der Waals surface area contributed by atoms with Crippen LogP contribution in [0.2, 0.25) is 0 Å². The Labute approximate surface area is 156 Å². The maximum atomic E-state index is 4.76. The average molecular weight is 358 g/mol. The number of pyridine rings is 2. The SMILES string of the molecule is Cc1cccc(-c2sc(C)nc2-c2ccnc(Nc3ccccc3)c2)n1. The molecule has 0 saturated heterocycles. The van der Waals surface area contributed by atoms with Gasteiger partial charge in [0.25, 0.3) is 0 Å². The van der Waals surface area contributed by atoms with Crippen LogP contribution in [0.3, 0.4) is 0 Å². The summed E-state index contributed by atoms with van der Waals surface area (Å²) in [5.74, 6) is 0.794. The second kappa shape index (κ2) is 7.06. The summed E-state index contributed by atoms with van der Waals surface area (Å²) >= 11 is 1.67. The molecule has 0 atom stereocenters. The molecular formula is C21H18N4S. The van der Waals surface area contributed by atoms with Gasteiger partial charge in [-0.1, -0.05) is 24.3 Å². The monoisotopic (exact) mass is 358 g/mol. The van der Waals surface area contributed by atoms with Gasteiger partial charge in [-0.3, -0.25) is 4.98 Å². The van der Waals surface area contributed by atoms with Crippen LogP contribution in [-0.2, 0) is 0 Å². The smallest absolute Gasteiger partial charge is 0.130 e. The van der Waals surface area contributed by atoms with E-state index in [-0.39, 0.29) is 0 Å². The van der Waals surface area contributed by atoms with Crippen molar-refractivity contribution in [2.75, 3.05) is 5.32 Å². The second-order valence-electron chi connectivity index (χ2n) is 6.00. The molecule has 5 heteroatoms. The van der Waals surface area contributed by atoms with Crippen molar-refractivity contribution in [1.29, 1.82) is 0 Å². The Hall–Kier alpha value is -3.05. The first-order valence-corrected chi connectivity index (χ1v) is 9.21. The second-order valence-corrected chi connectivity index (χ2v) is 7.20. The number of rotatable bonds is 4. The van der Waals surface area contributed by atoms with Crippen LogP contribution in [0.1, 0.15) is 10.7 Å². The highest BCUT2D eigenvalue weighted by Gasteiger charge is 2.15. The molecule has 0 unspecified atom stereocenters. The largest absolute Gasteiger partial charge is 0.340 e. The third-order valence-corrected chi connectivity index (χ3v) is 4.93. The van der Waals surface area contributed by atoms with E-state index in [1.165, 1.54) is 0 Å². The molecular weight excluding hydrogens is 340 g/mol. The number of hydrogen-bond acceptors (Lipinski definition) is 5. The van der Waals surface area contributed by atoms with E-state index >= 15 is 0 Å². The maximum Gasteiger partial charge on any atom is 0.130 e. The quantitative estimate of drug-likeness (QED) is 0.514. The minimum Gasteiger partial charge on any atom is -0.340 e. The Kier molecular flexibility index (Phi) is 4.46. The summed E-state index contributed by atoms with van der Waals surface area (Å²) < 4.78 is 0. The number of nitrogens with zero attached hydrogens (tertiary/aromatic N) is 3. The van der Waals surface area contributed by atoms with Gasteiger partial charge in [0.15, 0.2) is 0 Å². The maximum absolute atomic E-state index is 4.76. The number of aryl methyl sites for hydroxylation is 2. The molecule has 1 N–H and O–H groups in total. The Bertz CT molecular complexity index is 1040. The van der Waals surface area contributed by atoms with Gasteiger partial charge in [-0.05, 0) is 50.2 Å². The predicted molar refractivity (Wildman–Crippen MR) is 108 cm³/mol. The van der Waals surface area contributed by atoms with Gasteiger partial charge in [0.2, 0.25) is 0 Å². The fourth-order valence-corrected chi connectivity index (χ4v) is 3.69. The van der Waals surface area contributed by atoms with Gasteiger partial charge in [0.05, 0.1) is 21.3 Å². The molecule has 3 aromatic heterocycles. The molecule has 0 saturated carbocycles. The number of aromatic nitrogens is 3. The third kappa shape index (κ3) is 3.48.